The second-order valence-electron chi connectivity index (χ2n) is 5.41. The number of nitrogens with zero attached hydrogens (tertiary/aromatic N) is 1. The fourth-order valence-electron chi connectivity index (χ4n) is 2.32. The van der Waals surface area contributed by atoms with E-state index in [4.69, 9.17) is 28.3 Å². The molecule has 3 aromatic rings. The number of carbonyl (C=O) groups is 1. The molecule has 3 nitrogen and oxygen atoms in total. The van der Waals surface area contributed by atoms with Gasteiger partial charge in [-0.2, -0.15) is 0 Å². The minimum absolute atomic E-state index is 0.148. The van der Waals surface area contributed by atoms with Crippen molar-refractivity contribution < 1.29 is 14.3 Å². The molecule has 0 saturated heterocycles. The first-order valence-electron chi connectivity index (χ1n) is 7.53. The number of halogens is 3. The number of hydrogen-bond donors (Lipinski definition) is 1. The summed E-state index contributed by atoms with van der Waals surface area (Å²) in [4.78, 5) is 16.3. The first-order valence-corrected chi connectivity index (χ1v) is 9.10. The number of benzene rings is 2. The molecule has 0 amide bonds. The van der Waals surface area contributed by atoms with Crippen LogP contribution in [0, 0.1) is 5.82 Å². The fourth-order valence-corrected chi connectivity index (χ4v) is 3.60. The van der Waals surface area contributed by atoms with Crippen LogP contribution in [0.3, 0.4) is 0 Å². The number of aromatic nitrogens is 1. The van der Waals surface area contributed by atoms with Crippen LogP contribution in [-0.2, 0) is 11.2 Å². The Balaban J connectivity index is 1.94. The van der Waals surface area contributed by atoms with Gasteiger partial charge in [-0.05, 0) is 48.0 Å². The molecule has 1 N–H and O–H groups in total. The highest BCUT2D eigenvalue weighted by atomic mass is 35.5. The quantitative estimate of drug-likeness (QED) is 0.559. The number of carboxylic acids is 1. The molecule has 0 bridgehead atoms. The zero-order valence-electron chi connectivity index (χ0n) is 13.2. The normalized spacial score (nSPS) is 11.2. The lowest BCUT2D eigenvalue weighted by Gasteiger charge is -2.00. The van der Waals surface area contributed by atoms with E-state index in [-0.39, 0.29) is 12.2 Å². The number of hydrogen-bond acceptors (Lipinski definition) is 3. The molecule has 2 aromatic carbocycles. The van der Waals surface area contributed by atoms with Gasteiger partial charge >= 0.3 is 5.97 Å². The molecular weight excluding hydrogens is 396 g/mol. The van der Waals surface area contributed by atoms with E-state index in [1.165, 1.54) is 23.5 Å². The highest BCUT2D eigenvalue weighted by Gasteiger charge is 2.15. The Morgan fingerprint density at radius 2 is 1.85 bits per heavy atom. The van der Waals surface area contributed by atoms with Crippen LogP contribution in [0.4, 0.5) is 4.39 Å². The molecule has 7 heteroatoms. The third-order valence-corrected chi connectivity index (χ3v) is 5.26. The van der Waals surface area contributed by atoms with Crippen LogP contribution in [0.15, 0.2) is 42.5 Å². The lowest BCUT2D eigenvalue weighted by Crippen LogP contribution is -1.99. The van der Waals surface area contributed by atoms with Crippen molar-refractivity contribution in [1.82, 2.24) is 4.98 Å². The van der Waals surface area contributed by atoms with E-state index in [0.29, 0.717) is 31.2 Å². The van der Waals surface area contributed by atoms with E-state index in [2.05, 4.69) is 4.98 Å². The average molecular weight is 408 g/mol. The molecule has 0 atom stereocenters. The van der Waals surface area contributed by atoms with Gasteiger partial charge in [-0.15, -0.1) is 11.3 Å². The van der Waals surface area contributed by atoms with Crippen molar-refractivity contribution in [3.05, 3.63) is 73.8 Å². The number of rotatable bonds is 5. The summed E-state index contributed by atoms with van der Waals surface area (Å²) in [7, 11) is 0. The predicted octanol–water partition coefficient (Wildman–Crippen LogP) is 6.05. The largest absolute Gasteiger partial charge is 0.481 e. The van der Waals surface area contributed by atoms with Gasteiger partial charge in [0, 0.05) is 10.4 Å². The summed E-state index contributed by atoms with van der Waals surface area (Å²) in [6.45, 7) is 0. The van der Waals surface area contributed by atoms with E-state index < -0.39 is 5.97 Å². The summed E-state index contributed by atoms with van der Waals surface area (Å²) in [5.74, 6) is -1.31. The molecule has 0 spiro atoms. The highest BCUT2D eigenvalue weighted by Crippen LogP contribution is 2.30. The Kier molecular flexibility index (Phi) is 5.71. The van der Waals surface area contributed by atoms with E-state index in [9.17, 15) is 9.18 Å². The third kappa shape index (κ3) is 4.49. The Morgan fingerprint density at radius 1 is 1.12 bits per heavy atom. The van der Waals surface area contributed by atoms with Gasteiger partial charge in [-0.25, -0.2) is 9.37 Å². The maximum Gasteiger partial charge on any atom is 0.308 e. The molecule has 0 radical (unpaired) electrons. The lowest BCUT2D eigenvalue weighted by molar-refractivity contribution is -0.136. The average Bonchev–Trinajstić information content (AvgIpc) is 2.99. The second kappa shape index (κ2) is 7.99. The summed E-state index contributed by atoms with van der Waals surface area (Å²) in [5.41, 5.74) is 2.07. The SMILES string of the molecule is O=C(O)Cc1sc(/C=C/c2ccc(Cl)c(Cl)c2)nc1-c1ccc(F)cc1. The zero-order chi connectivity index (χ0) is 18.7. The number of aliphatic carboxylic acids is 1. The molecule has 3 rings (SSSR count). The summed E-state index contributed by atoms with van der Waals surface area (Å²) in [6.07, 6.45) is 3.45. The summed E-state index contributed by atoms with van der Waals surface area (Å²) >= 11 is 13.2. The molecule has 0 saturated carbocycles. The molecule has 1 heterocycles. The molecule has 0 unspecified atom stereocenters. The maximum atomic E-state index is 13.1. The Labute approximate surface area is 163 Å². The fraction of sp³-hybridized carbons (Fsp3) is 0.0526. The summed E-state index contributed by atoms with van der Waals surface area (Å²) in [6, 6.07) is 11.1. The van der Waals surface area contributed by atoms with Gasteiger partial charge < -0.3 is 5.11 Å². The molecule has 1 aromatic heterocycles. The van der Waals surface area contributed by atoms with Crippen molar-refractivity contribution in [2.45, 2.75) is 6.42 Å². The van der Waals surface area contributed by atoms with Crippen LogP contribution in [0.5, 0.6) is 0 Å². The van der Waals surface area contributed by atoms with Gasteiger partial charge in [0.15, 0.2) is 0 Å². The van der Waals surface area contributed by atoms with Gasteiger partial charge in [0.05, 0.1) is 22.2 Å². The van der Waals surface area contributed by atoms with E-state index in [0.717, 1.165) is 5.56 Å². The Hall–Kier alpha value is -2.21. The van der Waals surface area contributed by atoms with Crippen molar-refractivity contribution in [2.24, 2.45) is 0 Å². The molecule has 0 fully saturated rings. The maximum absolute atomic E-state index is 13.1. The molecule has 0 aliphatic heterocycles. The standard InChI is InChI=1S/C19H12Cl2FNO2S/c20-14-7-1-11(9-15(14)21)2-8-17-23-19(16(26-17)10-18(24)25)12-3-5-13(22)6-4-12/h1-9H,10H2,(H,24,25)/b8-2+. The van der Waals surface area contributed by atoms with Crippen LogP contribution in [0.25, 0.3) is 23.4 Å². The predicted molar refractivity (Wildman–Crippen MR) is 104 cm³/mol. The molecule has 132 valence electrons. The second-order valence-corrected chi connectivity index (χ2v) is 7.34. The van der Waals surface area contributed by atoms with E-state index in [1.54, 1.807) is 30.3 Å². The first kappa shape index (κ1) is 18.6. The monoisotopic (exact) mass is 407 g/mol. The molecule has 26 heavy (non-hydrogen) atoms. The van der Waals surface area contributed by atoms with Gasteiger partial charge in [0.25, 0.3) is 0 Å². The van der Waals surface area contributed by atoms with Crippen molar-refractivity contribution in [3.8, 4) is 11.3 Å². The van der Waals surface area contributed by atoms with Crippen LogP contribution in [0.1, 0.15) is 15.4 Å². The Bertz CT molecular complexity index is 984. The summed E-state index contributed by atoms with van der Waals surface area (Å²) < 4.78 is 13.1. The number of carboxylic acid groups (broad SMARTS) is 1. The zero-order valence-corrected chi connectivity index (χ0v) is 15.6. The van der Waals surface area contributed by atoms with E-state index >= 15 is 0 Å². The van der Waals surface area contributed by atoms with Gasteiger partial charge in [-0.1, -0.05) is 35.3 Å². The van der Waals surface area contributed by atoms with Crippen LogP contribution in [-0.4, -0.2) is 16.1 Å². The van der Waals surface area contributed by atoms with Crippen molar-refractivity contribution in [2.75, 3.05) is 0 Å². The summed E-state index contributed by atoms with van der Waals surface area (Å²) in [5, 5.41) is 10.7. The minimum atomic E-state index is -0.947. The Morgan fingerprint density at radius 3 is 2.50 bits per heavy atom. The first-order chi connectivity index (χ1) is 12.4. The van der Waals surface area contributed by atoms with E-state index in [1.807, 2.05) is 12.1 Å². The van der Waals surface area contributed by atoms with Crippen LogP contribution >= 0.6 is 34.5 Å². The third-order valence-electron chi connectivity index (χ3n) is 3.51. The number of thiazole rings is 1. The lowest BCUT2D eigenvalue weighted by atomic mass is 10.1. The minimum Gasteiger partial charge on any atom is -0.481 e. The van der Waals surface area contributed by atoms with Crippen LogP contribution < -0.4 is 0 Å². The van der Waals surface area contributed by atoms with Gasteiger partial charge in [0.1, 0.15) is 10.8 Å². The van der Waals surface area contributed by atoms with Gasteiger partial charge in [-0.3, -0.25) is 4.79 Å². The van der Waals surface area contributed by atoms with Crippen molar-refractivity contribution in [1.29, 1.82) is 0 Å². The topological polar surface area (TPSA) is 50.2 Å². The van der Waals surface area contributed by atoms with Crippen LogP contribution in [0.2, 0.25) is 10.0 Å². The molecular formula is C19H12Cl2FNO2S. The highest BCUT2D eigenvalue weighted by molar-refractivity contribution is 7.13. The molecule has 0 aliphatic rings. The van der Waals surface area contributed by atoms with Gasteiger partial charge in [0.2, 0.25) is 0 Å². The molecule has 0 aliphatic carbocycles. The smallest absolute Gasteiger partial charge is 0.308 e. The van der Waals surface area contributed by atoms with Crippen molar-refractivity contribution >= 4 is 52.7 Å². The van der Waals surface area contributed by atoms with Crippen molar-refractivity contribution in [3.63, 3.8) is 0 Å².